The third-order valence-electron chi connectivity index (χ3n) is 4.02. The average Bonchev–Trinajstić information content (AvgIpc) is 3.08. The van der Waals surface area contributed by atoms with Gasteiger partial charge in [-0.05, 0) is 30.2 Å². The van der Waals surface area contributed by atoms with Crippen LogP contribution in [0, 0.1) is 12.3 Å². The Morgan fingerprint density at radius 2 is 1.92 bits per heavy atom. The lowest BCUT2D eigenvalue weighted by Crippen LogP contribution is -2.30. The van der Waals surface area contributed by atoms with Crippen LogP contribution in [0.1, 0.15) is 15.9 Å². The molecule has 0 saturated heterocycles. The fourth-order valence-electron chi connectivity index (χ4n) is 2.82. The van der Waals surface area contributed by atoms with Crippen molar-refractivity contribution < 1.29 is 9.59 Å². The van der Waals surface area contributed by atoms with Crippen LogP contribution in [0.3, 0.4) is 0 Å². The van der Waals surface area contributed by atoms with Gasteiger partial charge in [0.1, 0.15) is 0 Å². The summed E-state index contributed by atoms with van der Waals surface area (Å²) in [6, 6.07) is 15.2. The molecule has 0 aromatic heterocycles. The molecule has 1 heterocycles. The van der Waals surface area contributed by atoms with Gasteiger partial charge in [-0.2, -0.15) is 0 Å². The SMILES string of the molecule is C#CCNC(=O)c1ccccc1SCC(=O)N1CCc2ccccc21. The highest BCUT2D eigenvalue weighted by molar-refractivity contribution is 8.00. The van der Waals surface area contributed by atoms with Crippen molar-refractivity contribution >= 4 is 29.3 Å². The van der Waals surface area contributed by atoms with Gasteiger partial charge < -0.3 is 10.2 Å². The van der Waals surface area contributed by atoms with Gasteiger partial charge >= 0.3 is 0 Å². The molecule has 0 spiro atoms. The Morgan fingerprint density at radius 3 is 2.76 bits per heavy atom. The van der Waals surface area contributed by atoms with Gasteiger partial charge in [-0.25, -0.2) is 0 Å². The van der Waals surface area contributed by atoms with Crippen LogP contribution in [0.4, 0.5) is 5.69 Å². The van der Waals surface area contributed by atoms with Gasteiger partial charge in [0.15, 0.2) is 0 Å². The minimum Gasteiger partial charge on any atom is -0.341 e. The van der Waals surface area contributed by atoms with Crippen LogP contribution in [-0.2, 0) is 11.2 Å². The number of amides is 2. The first-order valence-electron chi connectivity index (χ1n) is 8.02. The number of hydrogen-bond donors (Lipinski definition) is 1. The molecule has 1 aliphatic rings. The molecule has 1 aliphatic heterocycles. The van der Waals surface area contributed by atoms with Crippen LogP contribution < -0.4 is 10.2 Å². The summed E-state index contributed by atoms with van der Waals surface area (Å²) in [5, 5.41) is 2.66. The topological polar surface area (TPSA) is 49.4 Å². The molecule has 4 nitrogen and oxygen atoms in total. The standard InChI is InChI=1S/C20H18N2O2S/c1-2-12-21-20(24)16-8-4-6-10-18(16)25-14-19(23)22-13-11-15-7-3-5-9-17(15)22/h1,3-10H,11-14H2,(H,21,24). The number of carbonyl (C=O) groups is 2. The lowest BCUT2D eigenvalue weighted by molar-refractivity contribution is -0.116. The third-order valence-corrected chi connectivity index (χ3v) is 5.08. The van der Waals surface area contributed by atoms with Crippen molar-refractivity contribution in [1.82, 2.24) is 5.32 Å². The molecule has 0 fully saturated rings. The molecule has 0 unspecified atom stereocenters. The van der Waals surface area contributed by atoms with Gasteiger partial charge in [0, 0.05) is 17.1 Å². The van der Waals surface area contributed by atoms with Crippen LogP contribution in [0.2, 0.25) is 0 Å². The van der Waals surface area contributed by atoms with Crippen molar-refractivity contribution in [3.8, 4) is 12.3 Å². The van der Waals surface area contributed by atoms with Crippen molar-refractivity contribution in [1.29, 1.82) is 0 Å². The summed E-state index contributed by atoms with van der Waals surface area (Å²) in [6.45, 7) is 0.893. The van der Waals surface area contributed by atoms with Crippen LogP contribution in [-0.4, -0.2) is 30.7 Å². The second-order valence-corrected chi connectivity index (χ2v) is 6.61. The summed E-state index contributed by atoms with van der Waals surface area (Å²) in [7, 11) is 0. The summed E-state index contributed by atoms with van der Waals surface area (Å²) >= 11 is 1.37. The monoisotopic (exact) mass is 350 g/mol. The third kappa shape index (κ3) is 3.86. The molecule has 0 radical (unpaired) electrons. The molecule has 2 amide bonds. The quantitative estimate of drug-likeness (QED) is 0.666. The smallest absolute Gasteiger partial charge is 0.253 e. The molecular formula is C20H18N2O2S. The first-order valence-corrected chi connectivity index (χ1v) is 9.01. The molecule has 2 aromatic carbocycles. The van der Waals surface area contributed by atoms with E-state index in [4.69, 9.17) is 6.42 Å². The summed E-state index contributed by atoms with van der Waals surface area (Å²) in [5.74, 6) is 2.50. The summed E-state index contributed by atoms with van der Waals surface area (Å²) in [6.07, 6.45) is 6.07. The number of thioether (sulfide) groups is 1. The zero-order valence-corrected chi connectivity index (χ0v) is 14.5. The number of nitrogens with one attached hydrogen (secondary N) is 1. The summed E-state index contributed by atoms with van der Waals surface area (Å²) in [4.78, 5) is 27.4. The minimum atomic E-state index is -0.222. The lowest BCUT2D eigenvalue weighted by Gasteiger charge is -2.17. The molecule has 0 aliphatic carbocycles. The Hall–Kier alpha value is -2.71. The van der Waals surface area contributed by atoms with Crippen molar-refractivity contribution in [2.75, 3.05) is 23.7 Å². The van der Waals surface area contributed by atoms with E-state index >= 15 is 0 Å². The second kappa shape index (κ2) is 7.91. The number of para-hydroxylation sites is 1. The van der Waals surface area contributed by atoms with Crippen LogP contribution in [0.25, 0.3) is 0 Å². The lowest BCUT2D eigenvalue weighted by atomic mass is 10.2. The first kappa shape index (κ1) is 17.1. The van der Waals surface area contributed by atoms with E-state index in [-0.39, 0.29) is 24.1 Å². The number of terminal acetylenes is 1. The predicted molar refractivity (Wildman–Crippen MR) is 101 cm³/mol. The number of benzene rings is 2. The molecule has 126 valence electrons. The first-order chi connectivity index (χ1) is 12.2. The summed E-state index contributed by atoms with van der Waals surface area (Å²) < 4.78 is 0. The zero-order valence-electron chi connectivity index (χ0n) is 13.7. The van der Waals surface area contributed by atoms with Gasteiger partial charge in [-0.1, -0.05) is 36.3 Å². The van der Waals surface area contributed by atoms with E-state index < -0.39 is 0 Å². The Balaban J connectivity index is 1.67. The fourth-order valence-corrected chi connectivity index (χ4v) is 3.75. The van der Waals surface area contributed by atoms with Crippen molar-refractivity contribution in [2.45, 2.75) is 11.3 Å². The molecule has 0 bridgehead atoms. The Bertz CT molecular complexity index is 842. The molecular weight excluding hydrogens is 332 g/mol. The Labute approximate surface area is 151 Å². The van der Waals surface area contributed by atoms with E-state index in [1.54, 1.807) is 12.1 Å². The van der Waals surface area contributed by atoms with E-state index in [0.717, 1.165) is 17.0 Å². The number of anilines is 1. The van der Waals surface area contributed by atoms with Crippen molar-refractivity contribution in [3.05, 3.63) is 59.7 Å². The van der Waals surface area contributed by atoms with Crippen LogP contribution in [0.15, 0.2) is 53.4 Å². The van der Waals surface area contributed by atoms with E-state index in [0.29, 0.717) is 12.1 Å². The zero-order chi connectivity index (χ0) is 17.6. The van der Waals surface area contributed by atoms with E-state index in [9.17, 15) is 9.59 Å². The molecule has 0 atom stereocenters. The van der Waals surface area contributed by atoms with Gasteiger partial charge in [-0.15, -0.1) is 18.2 Å². The molecule has 5 heteroatoms. The minimum absolute atomic E-state index is 0.0498. The fraction of sp³-hybridized carbons (Fsp3) is 0.200. The van der Waals surface area contributed by atoms with E-state index in [1.807, 2.05) is 35.2 Å². The van der Waals surface area contributed by atoms with Crippen molar-refractivity contribution in [2.24, 2.45) is 0 Å². The highest BCUT2D eigenvalue weighted by atomic mass is 32.2. The number of nitrogens with zero attached hydrogens (tertiary/aromatic N) is 1. The largest absolute Gasteiger partial charge is 0.341 e. The molecule has 2 aromatic rings. The number of rotatable bonds is 5. The van der Waals surface area contributed by atoms with Crippen LogP contribution in [0.5, 0.6) is 0 Å². The molecule has 0 saturated carbocycles. The second-order valence-electron chi connectivity index (χ2n) is 5.60. The summed E-state index contributed by atoms with van der Waals surface area (Å²) in [5.41, 5.74) is 2.74. The maximum absolute atomic E-state index is 12.6. The van der Waals surface area contributed by atoms with Gasteiger partial charge in [0.2, 0.25) is 5.91 Å². The normalized spacial score (nSPS) is 12.4. The number of carbonyl (C=O) groups excluding carboxylic acids is 2. The highest BCUT2D eigenvalue weighted by Gasteiger charge is 2.24. The van der Waals surface area contributed by atoms with E-state index in [1.165, 1.54) is 17.3 Å². The number of fused-ring (bicyclic) bond motifs is 1. The Kier molecular flexibility index (Phi) is 5.42. The maximum atomic E-state index is 12.6. The highest BCUT2D eigenvalue weighted by Crippen LogP contribution is 2.29. The Morgan fingerprint density at radius 1 is 1.16 bits per heavy atom. The van der Waals surface area contributed by atoms with Crippen molar-refractivity contribution in [3.63, 3.8) is 0 Å². The van der Waals surface area contributed by atoms with Gasteiger partial charge in [-0.3, -0.25) is 9.59 Å². The van der Waals surface area contributed by atoms with Gasteiger partial charge in [0.25, 0.3) is 5.91 Å². The maximum Gasteiger partial charge on any atom is 0.253 e. The predicted octanol–water partition coefficient (Wildman–Crippen LogP) is 2.73. The average molecular weight is 350 g/mol. The van der Waals surface area contributed by atoms with E-state index in [2.05, 4.69) is 17.3 Å². The molecule has 1 N–H and O–H groups in total. The van der Waals surface area contributed by atoms with Crippen LogP contribution >= 0.6 is 11.8 Å². The molecule has 3 rings (SSSR count). The molecule has 25 heavy (non-hydrogen) atoms. The number of hydrogen-bond acceptors (Lipinski definition) is 3. The van der Waals surface area contributed by atoms with Gasteiger partial charge in [0.05, 0.1) is 17.9 Å².